The second kappa shape index (κ2) is 6.19. The van der Waals surface area contributed by atoms with E-state index in [9.17, 15) is 0 Å². The highest BCUT2D eigenvalue weighted by Crippen LogP contribution is 2.31. The number of likely N-dealkylation sites (tertiary alicyclic amines) is 1. The molecule has 0 aromatic rings. The molecule has 0 bridgehead atoms. The quantitative estimate of drug-likeness (QED) is 0.800. The lowest BCUT2D eigenvalue weighted by Crippen LogP contribution is -2.51. The van der Waals surface area contributed by atoms with E-state index in [4.69, 9.17) is 5.73 Å². The van der Waals surface area contributed by atoms with Gasteiger partial charge in [0, 0.05) is 19.1 Å². The summed E-state index contributed by atoms with van der Waals surface area (Å²) in [5, 5.41) is 0. The van der Waals surface area contributed by atoms with Crippen LogP contribution in [0.4, 0.5) is 0 Å². The van der Waals surface area contributed by atoms with E-state index < -0.39 is 0 Å². The van der Waals surface area contributed by atoms with Crippen LogP contribution in [-0.2, 0) is 0 Å². The van der Waals surface area contributed by atoms with E-state index in [1.54, 1.807) is 0 Å². The largest absolute Gasteiger partial charge is 0.330 e. The minimum absolute atomic E-state index is 0.305. The van der Waals surface area contributed by atoms with Gasteiger partial charge in [-0.3, -0.25) is 4.90 Å². The van der Waals surface area contributed by atoms with E-state index in [1.165, 1.54) is 32.4 Å². The van der Waals surface area contributed by atoms with Crippen LogP contribution in [0.15, 0.2) is 0 Å². The van der Waals surface area contributed by atoms with Gasteiger partial charge in [0.25, 0.3) is 0 Å². The molecule has 0 aromatic carbocycles. The van der Waals surface area contributed by atoms with E-state index in [0.29, 0.717) is 11.5 Å². The van der Waals surface area contributed by atoms with Gasteiger partial charge in [-0.2, -0.15) is 0 Å². The summed E-state index contributed by atoms with van der Waals surface area (Å²) in [6, 6.07) is 0.717. The van der Waals surface area contributed by atoms with Gasteiger partial charge in [-0.05, 0) is 43.6 Å². The highest BCUT2D eigenvalue weighted by atomic mass is 15.2. The average Bonchev–Trinajstić information content (AvgIpc) is 2.25. The van der Waals surface area contributed by atoms with Gasteiger partial charge in [0.2, 0.25) is 0 Å². The summed E-state index contributed by atoms with van der Waals surface area (Å²) in [5.41, 5.74) is 6.30. The van der Waals surface area contributed by atoms with Crippen LogP contribution < -0.4 is 5.73 Å². The lowest BCUT2D eigenvalue weighted by atomic mass is 9.81. The zero-order valence-electron chi connectivity index (χ0n) is 12.5. The summed E-state index contributed by atoms with van der Waals surface area (Å²) in [4.78, 5) is 2.68. The molecule has 1 fully saturated rings. The Balaban J connectivity index is 2.64. The summed E-state index contributed by atoms with van der Waals surface area (Å²) in [5.74, 6) is 1.66. The van der Waals surface area contributed by atoms with Crippen molar-refractivity contribution in [3.05, 3.63) is 0 Å². The molecule has 1 saturated heterocycles. The molecule has 0 spiro atoms. The monoisotopic (exact) mass is 240 g/mol. The van der Waals surface area contributed by atoms with Crippen molar-refractivity contribution < 1.29 is 0 Å². The number of hydrogen-bond acceptors (Lipinski definition) is 2. The Morgan fingerprint density at radius 3 is 2.47 bits per heavy atom. The molecule has 1 aliphatic heterocycles. The summed E-state index contributed by atoms with van der Waals surface area (Å²) in [6.45, 7) is 15.0. The smallest absolute Gasteiger partial charge is 0.00930 e. The maximum atomic E-state index is 6.00. The highest BCUT2D eigenvalue weighted by Gasteiger charge is 2.33. The van der Waals surface area contributed by atoms with E-state index in [1.807, 2.05) is 0 Å². The summed E-state index contributed by atoms with van der Waals surface area (Å²) in [7, 11) is 0. The molecular formula is C15H32N2. The zero-order valence-corrected chi connectivity index (χ0v) is 12.5. The average molecular weight is 240 g/mol. The van der Waals surface area contributed by atoms with Crippen LogP contribution in [0.2, 0.25) is 0 Å². The maximum absolute atomic E-state index is 6.00. The molecule has 1 aliphatic rings. The first-order valence-electron chi connectivity index (χ1n) is 7.36. The van der Waals surface area contributed by atoms with Crippen molar-refractivity contribution in [1.29, 1.82) is 0 Å². The molecule has 17 heavy (non-hydrogen) atoms. The van der Waals surface area contributed by atoms with Crippen molar-refractivity contribution in [2.75, 3.05) is 19.6 Å². The fourth-order valence-corrected chi connectivity index (χ4v) is 3.38. The lowest BCUT2D eigenvalue weighted by Gasteiger charge is -2.45. The molecule has 0 aromatic heterocycles. The number of nitrogens with zero attached hydrogens (tertiary/aromatic N) is 1. The minimum atomic E-state index is 0.305. The fraction of sp³-hybridized carbons (Fsp3) is 1.00. The van der Waals surface area contributed by atoms with Gasteiger partial charge < -0.3 is 5.73 Å². The Bertz CT molecular complexity index is 229. The van der Waals surface area contributed by atoms with Gasteiger partial charge in [-0.15, -0.1) is 0 Å². The Morgan fingerprint density at radius 2 is 1.94 bits per heavy atom. The van der Waals surface area contributed by atoms with Crippen molar-refractivity contribution in [1.82, 2.24) is 4.90 Å². The van der Waals surface area contributed by atoms with Crippen LogP contribution in [0.1, 0.15) is 53.9 Å². The molecule has 2 N–H and O–H groups in total. The summed E-state index contributed by atoms with van der Waals surface area (Å²) < 4.78 is 0. The molecular weight excluding hydrogens is 208 g/mol. The predicted molar refractivity (Wildman–Crippen MR) is 76.0 cm³/mol. The molecule has 2 heteroatoms. The predicted octanol–water partition coefficient (Wildman–Crippen LogP) is 3.12. The number of hydrogen-bond donors (Lipinski definition) is 1. The van der Waals surface area contributed by atoms with E-state index >= 15 is 0 Å². The van der Waals surface area contributed by atoms with Gasteiger partial charge >= 0.3 is 0 Å². The lowest BCUT2D eigenvalue weighted by molar-refractivity contribution is 0.0405. The SMILES string of the molecule is CCCC(C)(CN)CN1CC(C)CC(C)C1C. The van der Waals surface area contributed by atoms with Crippen LogP contribution in [0, 0.1) is 17.3 Å². The normalized spacial score (nSPS) is 34.6. The third-order valence-electron chi connectivity index (χ3n) is 4.65. The number of nitrogens with two attached hydrogens (primary N) is 1. The molecule has 4 unspecified atom stereocenters. The van der Waals surface area contributed by atoms with Crippen molar-refractivity contribution in [3.63, 3.8) is 0 Å². The Labute approximate surface area is 108 Å². The second-order valence-electron chi connectivity index (χ2n) is 6.75. The first-order chi connectivity index (χ1) is 7.91. The molecule has 0 radical (unpaired) electrons. The minimum Gasteiger partial charge on any atom is -0.330 e. The van der Waals surface area contributed by atoms with E-state index in [2.05, 4.69) is 39.5 Å². The molecule has 102 valence electrons. The van der Waals surface area contributed by atoms with Gasteiger partial charge in [0.1, 0.15) is 0 Å². The van der Waals surface area contributed by atoms with Crippen LogP contribution in [-0.4, -0.2) is 30.6 Å². The molecule has 2 nitrogen and oxygen atoms in total. The molecule has 0 amide bonds. The molecule has 0 aliphatic carbocycles. The van der Waals surface area contributed by atoms with E-state index in [0.717, 1.165) is 18.4 Å². The third-order valence-corrected chi connectivity index (χ3v) is 4.65. The standard InChI is InChI=1S/C15H32N2/c1-6-7-15(5,10-16)11-17-9-12(2)8-13(3)14(17)4/h12-14H,6-11,16H2,1-5H3. The topological polar surface area (TPSA) is 29.3 Å². The van der Waals surface area contributed by atoms with Crippen molar-refractivity contribution in [3.8, 4) is 0 Å². The Morgan fingerprint density at radius 1 is 1.29 bits per heavy atom. The van der Waals surface area contributed by atoms with Crippen molar-refractivity contribution in [2.45, 2.75) is 59.9 Å². The van der Waals surface area contributed by atoms with Crippen LogP contribution in [0.5, 0.6) is 0 Å². The molecule has 4 atom stereocenters. The fourth-order valence-electron chi connectivity index (χ4n) is 3.38. The van der Waals surface area contributed by atoms with Gasteiger partial charge in [-0.1, -0.05) is 34.1 Å². The number of rotatable bonds is 5. The maximum Gasteiger partial charge on any atom is 0.00930 e. The van der Waals surface area contributed by atoms with Gasteiger partial charge in [0.15, 0.2) is 0 Å². The first-order valence-corrected chi connectivity index (χ1v) is 7.36. The number of piperidine rings is 1. The van der Waals surface area contributed by atoms with Crippen LogP contribution in [0.25, 0.3) is 0 Å². The highest BCUT2D eigenvalue weighted by molar-refractivity contribution is 4.87. The second-order valence-corrected chi connectivity index (χ2v) is 6.75. The molecule has 0 saturated carbocycles. The van der Waals surface area contributed by atoms with Gasteiger partial charge in [0.05, 0.1) is 0 Å². The van der Waals surface area contributed by atoms with Gasteiger partial charge in [-0.25, -0.2) is 0 Å². The van der Waals surface area contributed by atoms with Crippen LogP contribution in [0.3, 0.4) is 0 Å². The Kier molecular flexibility index (Phi) is 5.46. The van der Waals surface area contributed by atoms with Crippen LogP contribution >= 0.6 is 0 Å². The van der Waals surface area contributed by atoms with Crippen molar-refractivity contribution in [2.24, 2.45) is 23.0 Å². The molecule has 1 heterocycles. The molecule has 1 rings (SSSR count). The van der Waals surface area contributed by atoms with E-state index in [-0.39, 0.29) is 0 Å². The summed E-state index contributed by atoms with van der Waals surface area (Å²) in [6.07, 6.45) is 3.86. The van der Waals surface area contributed by atoms with Crippen molar-refractivity contribution >= 4 is 0 Å². The summed E-state index contributed by atoms with van der Waals surface area (Å²) >= 11 is 0. The first kappa shape index (κ1) is 15.0. The third kappa shape index (κ3) is 3.96. The Hall–Kier alpha value is -0.0800. The zero-order chi connectivity index (χ0) is 13.1.